The zero-order valence-corrected chi connectivity index (χ0v) is 17.4. The molecule has 0 saturated heterocycles. The zero-order chi connectivity index (χ0) is 21.8. The van der Waals surface area contributed by atoms with Crippen molar-refractivity contribution in [1.82, 2.24) is 15.2 Å². The fraction of sp³-hybridized carbons (Fsp3) is 0.333. The molecular formula is C21H23N3O6. The van der Waals surface area contributed by atoms with E-state index in [1.165, 1.54) is 0 Å². The molecule has 3 aromatic rings. The second-order valence-electron chi connectivity index (χ2n) is 6.57. The Kier molecular flexibility index (Phi) is 6.20. The maximum absolute atomic E-state index is 12.6. The Bertz CT molecular complexity index is 1050. The maximum atomic E-state index is 12.6. The lowest BCUT2D eigenvalue weighted by Gasteiger charge is -2.09. The first-order chi connectivity index (χ1) is 14.3. The number of benzene rings is 1. The maximum Gasteiger partial charge on any atom is 0.355 e. The van der Waals surface area contributed by atoms with Gasteiger partial charge in [0, 0.05) is 11.3 Å². The molecule has 2 heterocycles. The largest absolute Gasteiger partial charge is 0.497 e. The van der Waals surface area contributed by atoms with Crippen LogP contribution in [0.2, 0.25) is 0 Å². The SMILES string of the molecule is CCOC(=O)c1c(C)[nH]c(C(=O)O[C@@H](C)c2nnc(-c3ccc(OC)cc3)o2)c1C. The monoisotopic (exact) mass is 413 g/mol. The predicted molar refractivity (Wildman–Crippen MR) is 106 cm³/mol. The van der Waals surface area contributed by atoms with Gasteiger partial charge in [0.25, 0.3) is 5.89 Å². The van der Waals surface area contributed by atoms with Crippen LogP contribution in [0.4, 0.5) is 0 Å². The second kappa shape index (κ2) is 8.81. The molecular weight excluding hydrogens is 390 g/mol. The van der Waals surface area contributed by atoms with Crippen molar-refractivity contribution in [1.29, 1.82) is 0 Å². The number of nitrogens with zero attached hydrogens (tertiary/aromatic N) is 2. The first-order valence-electron chi connectivity index (χ1n) is 9.40. The lowest BCUT2D eigenvalue weighted by Crippen LogP contribution is -2.12. The van der Waals surface area contributed by atoms with Gasteiger partial charge in [0.2, 0.25) is 5.89 Å². The summed E-state index contributed by atoms with van der Waals surface area (Å²) in [6, 6.07) is 7.13. The van der Waals surface area contributed by atoms with Gasteiger partial charge in [-0.05, 0) is 57.5 Å². The molecule has 3 rings (SSSR count). The van der Waals surface area contributed by atoms with E-state index in [4.69, 9.17) is 18.6 Å². The molecule has 0 spiro atoms. The summed E-state index contributed by atoms with van der Waals surface area (Å²) < 4.78 is 21.3. The number of hydrogen-bond acceptors (Lipinski definition) is 8. The van der Waals surface area contributed by atoms with Crippen LogP contribution >= 0.6 is 0 Å². The third-order valence-electron chi connectivity index (χ3n) is 4.53. The minimum absolute atomic E-state index is 0.153. The zero-order valence-electron chi connectivity index (χ0n) is 17.4. The summed E-state index contributed by atoms with van der Waals surface area (Å²) in [4.78, 5) is 27.6. The van der Waals surface area contributed by atoms with Gasteiger partial charge >= 0.3 is 11.9 Å². The van der Waals surface area contributed by atoms with E-state index in [1.54, 1.807) is 59.1 Å². The number of esters is 2. The third-order valence-corrected chi connectivity index (χ3v) is 4.53. The number of hydrogen-bond donors (Lipinski definition) is 1. The highest BCUT2D eigenvalue weighted by atomic mass is 16.6. The molecule has 0 aliphatic carbocycles. The fourth-order valence-electron chi connectivity index (χ4n) is 2.98. The van der Waals surface area contributed by atoms with Crippen LogP contribution in [0.5, 0.6) is 5.75 Å². The van der Waals surface area contributed by atoms with Crippen molar-refractivity contribution in [2.75, 3.05) is 13.7 Å². The highest BCUT2D eigenvalue weighted by Crippen LogP contribution is 2.26. The summed E-state index contributed by atoms with van der Waals surface area (Å²) in [5.74, 6) is 0.0343. The van der Waals surface area contributed by atoms with E-state index in [1.807, 2.05) is 0 Å². The van der Waals surface area contributed by atoms with Crippen LogP contribution in [0, 0.1) is 13.8 Å². The molecule has 9 nitrogen and oxygen atoms in total. The van der Waals surface area contributed by atoms with Crippen LogP contribution in [0.1, 0.15) is 57.9 Å². The van der Waals surface area contributed by atoms with E-state index < -0.39 is 18.0 Å². The molecule has 30 heavy (non-hydrogen) atoms. The average Bonchev–Trinajstić information content (AvgIpc) is 3.33. The third kappa shape index (κ3) is 4.19. The Labute approximate surface area is 173 Å². The summed E-state index contributed by atoms with van der Waals surface area (Å²) in [5, 5.41) is 7.97. The smallest absolute Gasteiger partial charge is 0.355 e. The van der Waals surface area contributed by atoms with Crippen LogP contribution in [0.15, 0.2) is 28.7 Å². The molecule has 0 saturated carbocycles. The topological polar surface area (TPSA) is 117 Å². The Morgan fingerprint density at radius 1 is 1.13 bits per heavy atom. The Morgan fingerprint density at radius 3 is 2.47 bits per heavy atom. The summed E-state index contributed by atoms with van der Waals surface area (Å²) in [7, 11) is 1.58. The molecule has 0 aliphatic rings. The first kappa shape index (κ1) is 21.1. The Balaban J connectivity index is 1.74. The number of carbonyl (C=O) groups excluding carboxylic acids is 2. The number of carbonyl (C=O) groups is 2. The van der Waals surface area contributed by atoms with Crippen molar-refractivity contribution < 1.29 is 28.2 Å². The van der Waals surface area contributed by atoms with Crippen LogP contribution in [0.3, 0.4) is 0 Å². The van der Waals surface area contributed by atoms with Crippen LogP contribution in [-0.4, -0.2) is 40.8 Å². The molecule has 1 N–H and O–H groups in total. The summed E-state index contributed by atoms with van der Waals surface area (Å²) >= 11 is 0. The van der Waals surface area contributed by atoms with Crippen molar-refractivity contribution in [3.63, 3.8) is 0 Å². The van der Waals surface area contributed by atoms with Gasteiger partial charge < -0.3 is 23.6 Å². The van der Waals surface area contributed by atoms with Crippen molar-refractivity contribution in [3.05, 3.63) is 52.7 Å². The molecule has 158 valence electrons. The number of H-pyrrole nitrogens is 1. The van der Waals surface area contributed by atoms with Crippen molar-refractivity contribution >= 4 is 11.9 Å². The van der Waals surface area contributed by atoms with Crippen molar-refractivity contribution in [2.24, 2.45) is 0 Å². The van der Waals surface area contributed by atoms with E-state index in [-0.39, 0.29) is 18.2 Å². The molecule has 0 unspecified atom stereocenters. The second-order valence-corrected chi connectivity index (χ2v) is 6.57. The normalized spacial score (nSPS) is 11.8. The molecule has 0 fully saturated rings. The van der Waals surface area contributed by atoms with Crippen LogP contribution in [-0.2, 0) is 9.47 Å². The molecule has 0 aliphatic heterocycles. The van der Waals surface area contributed by atoms with Crippen LogP contribution in [0.25, 0.3) is 11.5 Å². The van der Waals surface area contributed by atoms with Crippen LogP contribution < -0.4 is 4.74 Å². The summed E-state index contributed by atoms with van der Waals surface area (Å²) in [5.41, 5.74) is 2.22. The predicted octanol–water partition coefficient (Wildman–Crippen LogP) is 3.78. The van der Waals surface area contributed by atoms with Gasteiger partial charge in [-0.25, -0.2) is 9.59 Å². The average molecular weight is 413 g/mol. The quantitative estimate of drug-likeness (QED) is 0.582. The highest BCUT2D eigenvalue weighted by Gasteiger charge is 2.26. The molecule has 0 radical (unpaired) electrons. The summed E-state index contributed by atoms with van der Waals surface area (Å²) in [6.45, 7) is 6.94. The molecule has 1 atom stereocenters. The van der Waals surface area contributed by atoms with E-state index in [0.717, 1.165) is 0 Å². The Morgan fingerprint density at radius 2 is 1.83 bits per heavy atom. The van der Waals surface area contributed by atoms with E-state index in [0.29, 0.717) is 34.0 Å². The molecule has 0 bridgehead atoms. The Hall–Kier alpha value is -3.62. The molecule has 1 aromatic carbocycles. The number of aromatic nitrogens is 3. The van der Waals surface area contributed by atoms with Crippen molar-refractivity contribution in [3.8, 4) is 17.2 Å². The van der Waals surface area contributed by atoms with Gasteiger partial charge in [-0.1, -0.05) is 0 Å². The van der Waals surface area contributed by atoms with E-state index in [9.17, 15) is 9.59 Å². The summed E-state index contributed by atoms with van der Waals surface area (Å²) in [6.07, 6.45) is -0.786. The van der Waals surface area contributed by atoms with E-state index >= 15 is 0 Å². The molecule has 9 heteroatoms. The first-order valence-corrected chi connectivity index (χ1v) is 9.40. The van der Waals surface area contributed by atoms with Gasteiger partial charge in [0.1, 0.15) is 11.4 Å². The number of aromatic amines is 1. The molecule has 2 aromatic heterocycles. The van der Waals surface area contributed by atoms with Gasteiger partial charge in [-0.2, -0.15) is 0 Å². The fourth-order valence-corrected chi connectivity index (χ4v) is 2.98. The van der Waals surface area contributed by atoms with Gasteiger partial charge in [0.15, 0.2) is 6.10 Å². The van der Waals surface area contributed by atoms with Crippen molar-refractivity contribution in [2.45, 2.75) is 33.8 Å². The van der Waals surface area contributed by atoms with Gasteiger partial charge in [-0.15, -0.1) is 10.2 Å². The number of aryl methyl sites for hydroxylation is 1. The van der Waals surface area contributed by atoms with Gasteiger partial charge in [0.05, 0.1) is 19.3 Å². The molecule has 0 amide bonds. The minimum atomic E-state index is -0.786. The van der Waals surface area contributed by atoms with Gasteiger partial charge in [-0.3, -0.25) is 0 Å². The number of rotatable bonds is 7. The number of methoxy groups -OCH3 is 1. The lowest BCUT2D eigenvalue weighted by atomic mass is 10.1. The standard InChI is InChI=1S/C21H23N3O6/c1-6-28-20(25)16-11(2)17(22-12(16)3)21(26)29-13(4)18-23-24-19(30-18)14-7-9-15(27-5)10-8-14/h7-10,13,22H,6H2,1-5H3/t13-/m0/s1. The highest BCUT2D eigenvalue weighted by molar-refractivity contribution is 5.98. The lowest BCUT2D eigenvalue weighted by molar-refractivity contribution is 0.0272. The number of nitrogens with one attached hydrogen (secondary N) is 1. The van der Waals surface area contributed by atoms with E-state index in [2.05, 4.69) is 15.2 Å². The minimum Gasteiger partial charge on any atom is -0.497 e. The number of ether oxygens (including phenoxy) is 3.